The Hall–Kier alpha value is -1.80. The van der Waals surface area contributed by atoms with Crippen LogP contribution >= 0.6 is 31.9 Å². The molecule has 0 spiro atoms. The van der Waals surface area contributed by atoms with E-state index < -0.39 is 21.7 Å². The molecule has 0 N–H and O–H groups in total. The van der Waals surface area contributed by atoms with Gasteiger partial charge < -0.3 is 0 Å². The second-order valence-electron chi connectivity index (χ2n) is 5.35. The molecule has 0 saturated carbocycles. The van der Waals surface area contributed by atoms with Crippen molar-refractivity contribution in [2.75, 3.05) is 13.1 Å². The van der Waals surface area contributed by atoms with Gasteiger partial charge in [-0.1, -0.05) is 56.1 Å². The number of benzene rings is 2. The van der Waals surface area contributed by atoms with E-state index in [2.05, 4.69) is 31.9 Å². The minimum absolute atomic E-state index is 0.374. The van der Waals surface area contributed by atoms with Gasteiger partial charge in [-0.3, -0.25) is 20.2 Å². The highest BCUT2D eigenvalue weighted by atomic mass is 79.9. The fourth-order valence-corrected chi connectivity index (χ4v) is 3.56. The predicted molar refractivity (Wildman–Crippen MR) is 97.5 cm³/mol. The summed E-state index contributed by atoms with van der Waals surface area (Å²) in [5.74, 6) is -1.20. The molecule has 2 aromatic carbocycles. The maximum atomic E-state index is 11.2. The fourth-order valence-electron chi connectivity index (χ4n) is 2.73. The lowest BCUT2D eigenvalue weighted by Gasteiger charge is -2.22. The van der Waals surface area contributed by atoms with Crippen LogP contribution in [0.1, 0.15) is 23.0 Å². The SMILES string of the molecule is O=[N+]([O-])C[C@H](c1cccc(Br)c1)[C@H](C[N+](=O)[O-])c1cccc(Br)c1. The van der Waals surface area contributed by atoms with Gasteiger partial charge in [-0.25, -0.2) is 0 Å². The minimum Gasteiger partial charge on any atom is -0.265 e. The molecule has 8 heteroatoms. The van der Waals surface area contributed by atoms with Crippen molar-refractivity contribution >= 4 is 31.9 Å². The summed E-state index contributed by atoms with van der Waals surface area (Å²) < 4.78 is 1.56. The lowest BCUT2D eigenvalue weighted by Crippen LogP contribution is -2.25. The summed E-state index contributed by atoms with van der Waals surface area (Å²) in [5, 5.41) is 22.3. The van der Waals surface area contributed by atoms with Crippen LogP contribution in [0.3, 0.4) is 0 Å². The van der Waals surface area contributed by atoms with E-state index in [1.807, 2.05) is 12.1 Å². The van der Waals surface area contributed by atoms with E-state index in [4.69, 9.17) is 0 Å². The van der Waals surface area contributed by atoms with Crippen LogP contribution in [-0.4, -0.2) is 22.9 Å². The Morgan fingerprint density at radius 1 is 0.792 bits per heavy atom. The van der Waals surface area contributed by atoms with Crippen molar-refractivity contribution in [2.24, 2.45) is 0 Å². The van der Waals surface area contributed by atoms with E-state index in [0.717, 1.165) is 8.95 Å². The van der Waals surface area contributed by atoms with Crippen molar-refractivity contribution in [3.8, 4) is 0 Å². The molecule has 2 rings (SSSR count). The van der Waals surface area contributed by atoms with Crippen LogP contribution in [0.4, 0.5) is 0 Å². The van der Waals surface area contributed by atoms with Crippen LogP contribution in [0.25, 0.3) is 0 Å². The zero-order valence-corrected chi connectivity index (χ0v) is 15.6. The molecule has 0 unspecified atom stereocenters. The van der Waals surface area contributed by atoms with Gasteiger partial charge in [0.25, 0.3) is 0 Å². The first-order chi connectivity index (χ1) is 11.4. The average Bonchev–Trinajstić information content (AvgIpc) is 2.50. The molecule has 0 fully saturated rings. The van der Waals surface area contributed by atoms with Crippen molar-refractivity contribution in [1.29, 1.82) is 0 Å². The second kappa shape index (κ2) is 8.34. The van der Waals surface area contributed by atoms with E-state index in [9.17, 15) is 20.2 Å². The summed E-state index contributed by atoms with van der Waals surface area (Å²) in [6, 6.07) is 14.3. The Morgan fingerprint density at radius 3 is 1.46 bits per heavy atom. The van der Waals surface area contributed by atoms with Gasteiger partial charge in [-0.2, -0.15) is 0 Å². The molecule has 0 amide bonds. The summed E-state index contributed by atoms with van der Waals surface area (Å²) in [5.41, 5.74) is 1.40. The van der Waals surface area contributed by atoms with Crippen LogP contribution in [-0.2, 0) is 0 Å². The third kappa shape index (κ3) is 5.10. The van der Waals surface area contributed by atoms with Crippen LogP contribution in [0.2, 0.25) is 0 Å². The number of nitrogens with zero attached hydrogens (tertiary/aromatic N) is 2. The molecule has 0 saturated heterocycles. The Bertz CT molecular complexity index is 691. The van der Waals surface area contributed by atoms with Crippen LogP contribution < -0.4 is 0 Å². The largest absolute Gasteiger partial charge is 0.265 e. The quantitative estimate of drug-likeness (QED) is 0.447. The summed E-state index contributed by atoms with van der Waals surface area (Å²) >= 11 is 6.71. The Kier molecular flexibility index (Phi) is 6.44. The van der Waals surface area contributed by atoms with Gasteiger partial charge in [-0.05, 0) is 35.4 Å². The van der Waals surface area contributed by atoms with E-state index in [1.54, 1.807) is 36.4 Å². The monoisotopic (exact) mass is 456 g/mol. The van der Waals surface area contributed by atoms with Crippen molar-refractivity contribution in [1.82, 2.24) is 0 Å². The molecular formula is C16H14Br2N2O4. The smallest absolute Gasteiger partial charge is 0.211 e. The Labute approximate surface area is 155 Å². The number of nitro groups is 2. The molecule has 0 aromatic heterocycles. The molecule has 126 valence electrons. The molecular weight excluding hydrogens is 444 g/mol. The van der Waals surface area contributed by atoms with Crippen molar-refractivity contribution in [3.63, 3.8) is 0 Å². The maximum absolute atomic E-state index is 11.2. The number of hydrogen-bond acceptors (Lipinski definition) is 4. The number of rotatable bonds is 7. The van der Waals surface area contributed by atoms with Crippen molar-refractivity contribution in [2.45, 2.75) is 11.8 Å². The van der Waals surface area contributed by atoms with E-state index in [1.165, 1.54) is 0 Å². The van der Waals surface area contributed by atoms with Crippen LogP contribution in [0.5, 0.6) is 0 Å². The third-order valence-electron chi connectivity index (χ3n) is 3.73. The van der Waals surface area contributed by atoms with Crippen molar-refractivity contribution < 1.29 is 9.85 Å². The van der Waals surface area contributed by atoms with E-state index in [0.29, 0.717) is 11.1 Å². The molecule has 0 aliphatic heterocycles. The van der Waals surface area contributed by atoms with Gasteiger partial charge in [0.2, 0.25) is 13.1 Å². The first-order valence-electron chi connectivity index (χ1n) is 7.11. The summed E-state index contributed by atoms with van der Waals surface area (Å²) in [4.78, 5) is 21.5. The van der Waals surface area contributed by atoms with E-state index in [-0.39, 0.29) is 13.1 Å². The zero-order chi connectivity index (χ0) is 17.7. The highest BCUT2D eigenvalue weighted by Crippen LogP contribution is 2.35. The third-order valence-corrected chi connectivity index (χ3v) is 4.72. The lowest BCUT2D eigenvalue weighted by atomic mass is 9.81. The van der Waals surface area contributed by atoms with Gasteiger partial charge in [0, 0.05) is 18.8 Å². The molecule has 0 aliphatic rings. The summed E-state index contributed by atoms with van der Waals surface area (Å²) in [7, 11) is 0. The van der Waals surface area contributed by atoms with Gasteiger partial charge in [0.1, 0.15) is 0 Å². The molecule has 24 heavy (non-hydrogen) atoms. The predicted octanol–water partition coefficient (Wildman–Crippen LogP) is 4.63. The Morgan fingerprint density at radius 2 is 1.17 bits per heavy atom. The van der Waals surface area contributed by atoms with Crippen LogP contribution in [0, 0.1) is 20.2 Å². The van der Waals surface area contributed by atoms with Crippen molar-refractivity contribution in [3.05, 3.63) is 88.8 Å². The molecule has 0 aliphatic carbocycles. The Balaban J connectivity index is 2.51. The fraction of sp³-hybridized carbons (Fsp3) is 0.250. The average molecular weight is 458 g/mol. The van der Waals surface area contributed by atoms with Gasteiger partial charge in [0.15, 0.2) is 0 Å². The van der Waals surface area contributed by atoms with Crippen LogP contribution in [0.15, 0.2) is 57.5 Å². The van der Waals surface area contributed by atoms with Gasteiger partial charge >= 0.3 is 0 Å². The standard InChI is InChI=1S/C16H14Br2N2O4/c17-13-5-1-3-11(7-13)15(9-19(21)22)16(10-20(23)24)12-4-2-6-14(18)8-12/h1-8,15-16H,9-10H2/t15-,16-/m1/s1. The second-order valence-corrected chi connectivity index (χ2v) is 7.18. The minimum atomic E-state index is -0.600. The number of hydrogen-bond donors (Lipinski definition) is 0. The summed E-state index contributed by atoms with van der Waals surface area (Å²) in [6.07, 6.45) is 0. The summed E-state index contributed by atoms with van der Waals surface area (Å²) in [6.45, 7) is -0.747. The molecule has 0 radical (unpaired) electrons. The molecule has 0 heterocycles. The molecule has 2 atom stereocenters. The molecule has 6 nitrogen and oxygen atoms in total. The van der Waals surface area contributed by atoms with Gasteiger partial charge in [0.05, 0.1) is 11.8 Å². The molecule has 2 aromatic rings. The normalized spacial score (nSPS) is 13.2. The lowest BCUT2D eigenvalue weighted by molar-refractivity contribution is -0.498. The highest BCUT2D eigenvalue weighted by molar-refractivity contribution is 9.10. The first kappa shape index (κ1) is 18.5. The highest BCUT2D eigenvalue weighted by Gasteiger charge is 2.33. The molecule has 0 bridgehead atoms. The topological polar surface area (TPSA) is 86.3 Å². The van der Waals surface area contributed by atoms with E-state index >= 15 is 0 Å². The maximum Gasteiger partial charge on any atom is 0.211 e. The first-order valence-corrected chi connectivity index (χ1v) is 8.70. The van der Waals surface area contributed by atoms with Gasteiger partial charge in [-0.15, -0.1) is 0 Å². The zero-order valence-electron chi connectivity index (χ0n) is 12.5. The number of halogens is 2.